The van der Waals surface area contributed by atoms with E-state index in [9.17, 15) is 13.2 Å². The lowest BCUT2D eigenvalue weighted by atomic mass is 10.1. The Labute approximate surface area is 176 Å². The van der Waals surface area contributed by atoms with Crippen LogP contribution >= 0.6 is 11.8 Å². The molecule has 2 saturated heterocycles. The monoisotopic (exact) mass is 428 g/mol. The number of thioether (sulfide) groups is 1. The summed E-state index contributed by atoms with van der Waals surface area (Å²) in [6, 6.07) is 15.9. The first-order valence-corrected chi connectivity index (χ1v) is 12.4. The smallest absolute Gasteiger partial charge is 0.252 e. The van der Waals surface area contributed by atoms with E-state index in [1.54, 1.807) is 0 Å². The summed E-state index contributed by atoms with van der Waals surface area (Å²) in [5.74, 6) is 0.0780. The minimum Gasteiger partial charge on any atom is -0.342 e. The number of rotatable bonds is 4. The maximum atomic E-state index is 12.6. The van der Waals surface area contributed by atoms with Crippen LogP contribution in [0.4, 0.5) is 0 Å². The lowest BCUT2D eigenvalue weighted by molar-refractivity contribution is -0.117. The van der Waals surface area contributed by atoms with E-state index < -0.39 is 9.84 Å². The topological polar surface area (TPSA) is 66.8 Å². The van der Waals surface area contributed by atoms with Gasteiger partial charge in [0.1, 0.15) is 0 Å². The molecule has 0 saturated carbocycles. The van der Waals surface area contributed by atoms with E-state index in [0.29, 0.717) is 11.7 Å². The number of hydrogen-bond acceptors (Lipinski definition) is 4. The van der Waals surface area contributed by atoms with Gasteiger partial charge in [0.05, 0.1) is 24.0 Å². The maximum absolute atomic E-state index is 12.6. The van der Waals surface area contributed by atoms with Crippen molar-refractivity contribution in [2.45, 2.75) is 38.1 Å². The summed E-state index contributed by atoms with van der Waals surface area (Å²) in [7, 11) is -3.05. The number of carbonyl (C=O) groups excluding carboxylic acids is 1. The number of aliphatic imine (C=N–C) groups is 1. The molecule has 152 valence electrons. The molecule has 2 atom stereocenters. The van der Waals surface area contributed by atoms with Gasteiger partial charge in [0, 0.05) is 11.8 Å². The molecule has 5 nitrogen and oxygen atoms in total. The van der Waals surface area contributed by atoms with Gasteiger partial charge in [-0.25, -0.2) is 8.42 Å². The number of carbonyl (C=O) groups is 1. The van der Waals surface area contributed by atoms with Gasteiger partial charge in [-0.2, -0.15) is 4.99 Å². The van der Waals surface area contributed by atoms with Crippen LogP contribution in [0.2, 0.25) is 0 Å². The van der Waals surface area contributed by atoms with Crippen LogP contribution in [0.1, 0.15) is 22.3 Å². The van der Waals surface area contributed by atoms with Crippen molar-refractivity contribution in [3.05, 3.63) is 70.8 Å². The molecule has 2 fully saturated rings. The lowest BCUT2D eigenvalue weighted by Gasteiger charge is -2.24. The van der Waals surface area contributed by atoms with E-state index in [1.165, 1.54) is 17.3 Å². The molecule has 1 amide bonds. The molecule has 2 aromatic carbocycles. The van der Waals surface area contributed by atoms with Gasteiger partial charge in [0.15, 0.2) is 15.0 Å². The molecule has 2 aliphatic rings. The summed E-state index contributed by atoms with van der Waals surface area (Å²) < 4.78 is 24.3. The number of hydrogen-bond donors (Lipinski definition) is 0. The maximum Gasteiger partial charge on any atom is 0.252 e. The van der Waals surface area contributed by atoms with Gasteiger partial charge in [0.25, 0.3) is 5.91 Å². The van der Waals surface area contributed by atoms with Gasteiger partial charge in [-0.15, -0.1) is 0 Å². The first-order chi connectivity index (χ1) is 13.8. The van der Waals surface area contributed by atoms with Crippen molar-refractivity contribution in [3.8, 4) is 0 Å². The Bertz CT molecular complexity index is 1060. The first kappa shape index (κ1) is 20.2. The van der Waals surface area contributed by atoms with Gasteiger partial charge in [-0.1, -0.05) is 71.4 Å². The van der Waals surface area contributed by atoms with Crippen LogP contribution in [-0.2, 0) is 27.6 Å². The molecule has 0 radical (unpaired) electrons. The zero-order chi connectivity index (χ0) is 20.6. The Morgan fingerprint density at radius 2 is 1.83 bits per heavy atom. The predicted octanol–water partition coefficient (Wildman–Crippen LogP) is 3.14. The number of fused-ring (bicyclic) bond motifs is 1. The fraction of sp³-hybridized carbons (Fsp3) is 0.364. The average molecular weight is 429 g/mol. The molecule has 0 aromatic heterocycles. The molecule has 0 unspecified atom stereocenters. The van der Waals surface area contributed by atoms with Crippen LogP contribution in [0.25, 0.3) is 0 Å². The fourth-order valence-electron chi connectivity index (χ4n) is 3.85. The van der Waals surface area contributed by atoms with E-state index in [0.717, 1.165) is 16.7 Å². The van der Waals surface area contributed by atoms with E-state index in [-0.39, 0.29) is 35.1 Å². The number of nitrogens with zero attached hydrogens (tertiary/aromatic N) is 2. The van der Waals surface area contributed by atoms with E-state index >= 15 is 0 Å². The van der Waals surface area contributed by atoms with Crippen molar-refractivity contribution in [1.29, 1.82) is 0 Å². The van der Waals surface area contributed by atoms with Gasteiger partial charge in [0.2, 0.25) is 0 Å². The summed E-state index contributed by atoms with van der Waals surface area (Å²) in [5.41, 5.74) is 4.31. The minimum atomic E-state index is -3.05. The molecule has 0 N–H and O–H groups in total. The van der Waals surface area contributed by atoms with Crippen molar-refractivity contribution >= 4 is 32.7 Å². The van der Waals surface area contributed by atoms with Crippen molar-refractivity contribution < 1.29 is 13.2 Å². The zero-order valence-electron chi connectivity index (χ0n) is 16.5. The minimum absolute atomic E-state index is 0.0593. The highest BCUT2D eigenvalue weighted by Gasteiger charge is 2.48. The molecule has 0 spiro atoms. The lowest BCUT2D eigenvalue weighted by Crippen LogP contribution is -2.37. The van der Waals surface area contributed by atoms with Crippen LogP contribution in [0.15, 0.2) is 53.5 Å². The number of amidine groups is 1. The van der Waals surface area contributed by atoms with Crippen molar-refractivity contribution in [1.82, 2.24) is 4.90 Å². The standard InChI is InChI=1S/C22H24N2O3S2/c1-15-6-8-17(9-7-15)12-24-19-13-29(26,27)14-20(19)28-22(24)23-21(25)11-18-5-3-4-16(2)10-18/h3-10,19-20H,11-14H2,1-2H3/t19-,20+/m1/s1. The van der Waals surface area contributed by atoms with Gasteiger partial charge < -0.3 is 4.90 Å². The largest absolute Gasteiger partial charge is 0.342 e. The summed E-state index contributed by atoms with van der Waals surface area (Å²) in [4.78, 5) is 19.0. The SMILES string of the molecule is Cc1ccc(CN2C(=NC(=O)Cc3cccc(C)c3)S[C@H]3CS(=O)(=O)C[C@H]32)cc1. The fourth-order valence-corrected chi connectivity index (χ4v) is 7.82. The predicted molar refractivity (Wildman–Crippen MR) is 118 cm³/mol. The summed E-state index contributed by atoms with van der Waals surface area (Å²) >= 11 is 1.43. The Morgan fingerprint density at radius 1 is 1.07 bits per heavy atom. The molecular weight excluding hydrogens is 404 g/mol. The Balaban J connectivity index is 1.57. The summed E-state index contributed by atoms with van der Waals surface area (Å²) in [5, 5.41) is 0.587. The third kappa shape index (κ3) is 4.73. The molecule has 7 heteroatoms. The first-order valence-electron chi connectivity index (χ1n) is 9.65. The highest BCUT2D eigenvalue weighted by atomic mass is 32.2. The molecular formula is C22H24N2O3S2. The van der Waals surface area contributed by atoms with Crippen molar-refractivity contribution in [2.75, 3.05) is 11.5 Å². The van der Waals surface area contributed by atoms with Gasteiger partial charge in [-0.05, 0) is 25.0 Å². The second kappa shape index (κ2) is 7.95. The highest BCUT2D eigenvalue weighted by Crippen LogP contribution is 2.39. The molecule has 2 aromatic rings. The van der Waals surface area contributed by atoms with Gasteiger partial charge >= 0.3 is 0 Å². The van der Waals surface area contributed by atoms with Gasteiger partial charge in [-0.3, -0.25) is 4.79 Å². The van der Waals surface area contributed by atoms with Crippen LogP contribution < -0.4 is 0 Å². The van der Waals surface area contributed by atoms with Crippen LogP contribution in [0, 0.1) is 13.8 Å². The normalized spacial score (nSPS) is 24.1. The van der Waals surface area contributed by atoms with E-state index in [4.69, 9.17) is 0 Å². The number of amides is 1. The zero-order valence-corrected chi connectivity index (χ0v) is 18.2. The molecule has 29 heavy (non-hydrogen) atoms. The highest BCUT2D eigenvalue weighted by molar-refractivity contribution is 8.15. The number of aryl methyl sites for hydroxylation is 2. The van der Waals surface area contributed by atoms with E-state index in [1.807, 2.05) is 67.3 Å². The van der Waals surface area contributed by atoms with Crippen molar-refractivity contribution in [2.24, 2.45) is 4.99 Å². The second-order valence-electron chi connectivity index (χ2n) is 7.87. The van der Waals surface area contributed by atoms with Crippen LogP contribution in [0.3, 0.4) is 0 Å². The summed E-state index contributed by atoms with van der Waals surface area (Å²) in [6.45, 7) is 4.59. The second-order valence-corrected chi connectivity index (χ2v) is 11.2. The molecule has 2 heterocycles. The van der Waals surface area contributed by atoms with Crippen molar-refractivity contribution in [3.63, 3.8) is 0 Å². The average Bonchev–Trinajstić information content (AvgIpc) is 3.09. The number of sulfone groups is 1. The Hall–Kier alpha value is -2.12. The third-order valence-corrected chi connectivity index (χ3v) is 8.55. The Morgan fingerprint density at radius 3 is 2.55 bits per heavy atom. The van der Waals surface area contributed by atoms with Crippen LogP contribution in [-0.4, -0.2) is 47.2 Å². The molecule has 0 aliphatic carbocycles. The number of benzene rings is 2. The Kier molecular flexibility index (Phi) is 5.53. The third-order valence-electron chi connectivity index (χ3n) is 5.31. The molecule has 4 rings (SSSR count). The van der Waals surface area contributed by atoms with Crippen LogP contribution in [0.5, 0.6) is 0 Å². The molecule has 0 bridgehead atoms. The van der Waals surface area contributed by atoms with E-state index in [2.05, 4.69) is 4.99 Å². The molecule has 2 aliphatic heterocycles. The quantitative estimate of drug-likeness (QED) is 0.748. The summed E-state index contributed by atoms with van der Waals surface area (Å²) in [6.07, 6.45) is 0.248.